The van der Waals surface area contributed by atoms with Crippen LogP contribution < -0.4 is 0 Å². The van der Waals surface area contributed by atoms with Crippen molar-refractivity contribution < 1.29 is 14.3 Å². The summed E-state index contributed by atoms with van der Waals surface area (Å²) in [7, 11) is 1.38. The first-order valence-corrected chi connectivity index (χ1v) is 5.90. The molecule has 0 aromatic rings. The van der Waals surface area contributed by atoms with E-state index in [0.29, 0.717) is 32.4 Å². The molecule has 1 atom stereocenters. The summed E-state index contributed by atoms with van der Waals surface area (Å²) in [6.45, 7) is 2.90. The smallest absolute Gasteiger partial charge is 0.308 e. The van der Waals surface area contributed by atoms with Gasteiger partial charge in [0.15, 0.2) is 0 Å². The molecule has 0 saturated carbocycles. The number of rotatable bonds is 3. The van der Waals surface area contributed by atoms with Crippen LogP contribution in [-0.4, -0.2) is 37.0 Å². The number of nitrogens with zero attached hydrogens (tertiary/aromatic N) is 2. The Morgan fingerprint density at radius 1 is 1.47 bits per heavy atom. The van der Waals surface area contributed by atoms with Gasteiger partial charge in [0.2, 0.25) is 5.91 Å². The lowest BCUT2D eigenvalue weighted by Gasteiger charge is -2.31. The summed E-state index contributed by atoms with van der Waals surface area (Å²) >= 11 is 0. The molecular weight excluding hydrogens is 220 g/mol. The number of likely N-dealkylation sites (tertiary alicyclic amines) is 1. The molecule has 1 heterocycles. The Balaban J connectivity index is 2.50. The monoisotopic (exact) mass is 238 g/mol. The van der Waals surface area contributed by atoms with Gasteiger partial charge in [-0.1, -0.05) is 6.92 Å². The summed E-state index contributed by atoms with van der Waals surface area (Å²) in [6.07, 6.45) is 1.78. The fourth-order valence-corrected chi connectivity index (χ4v) is 2.04. The molecule has 1 aliphatic heterocycles. The molecule has 1 fully saturated rings. The highest BCUT2D eigenvalue weighted by molar-refractivity contribution is 5.81. The predicted molar refractivity (Wildman–Crippen MR) is 60.7 cm³/mol. The second-order valence-corrected chi connectivity index (χ2v) is 4.21. The average Bonchev–Trinajstić information content (AvgIpc) is 2.39. The van der Waals surface area contributed by atoms with Crippen LogP contribution in [0.2, 0.25) is 0 Å². The topological polar surface area (TPSA) is 70.4 Å². The van der Waals surface area contributed by atoms with E-state index in [0.717, 1.165) is 0 Å². The standard InChI is InChI=1S/C12H18N2O3/c1-3-9(8-13)11(15)14-6-4-10(5-7-14)12(16)17-2/h9-10H,3-7H2,1-2H3. The largest absolute Gasteiger partial charge is 0.469 e. The number of hydrogen-bond donors (Lipinski definition) is 0. The van der Waals surface area contributed by atoms with Crippen LogP contribution in [-0.2, 0) is 14.3 Å². The van der Waals surface area contributed by atoms with Gasteiger partial charge in [-0.2, -0.15) is 5.26 Å². The highest BCUT2D eigenvalue weighted by atomic mass is 16.5. The zero-order valence-corrected chi connectivity index (χ0v) is 10.3. The van der Waals surface area contributed by atoms with Gasteiger partial charge in [-0.15, -0.1) is 0 Å². The minimum Gasteiger partial charge on any atom is -0.469 e. The fourth-order valence-electron chi connectivity index (χ4n) is 2.04. The van der Waals surface area contributed by atoms with Crippen LogP contribution in [0.15, 0.2) is 0 Å². The number of nitriles is 1. The maximum absolute atomic E-state index is 11.9. The fraction of sp³-hybridized carbons (Fsp3) is 0.750. The van der Waals surface area contributed by atoms with E-state index in [9.17, 15) is 9.59 Å². The van der Waals surface area contributed by atoms with Crippen LogP contribution >= 0.6 is 0 Å². The number of carbonyl (C=O) groups is 2. The molecule has 1 aliphatic rings. The van der Waals surface area contributed by atoms with Crippen molar-refractivity contribution in [2.45, 2.75) is 26.2 Å². The minimum absolute atomic E-state index is 0.105. The quantitative estimate of drug-likeness (QED) is 0.686. The van der Waals surface area contributed by atoms with Gasteiger partial charge in [0, 0.05) is 13.1 Å². The lowest BCUT2D eigenvalue weighted by molar-refractivity contribution is -0.149. The summed E-state index contributed by atoms with van der Waals surface area (Å²) in [5, 5.41) is 8.83. The van der Waals surface area contributed by atoms with Gasteiger partial charge < -0.3 is 9.64 Å². The third kappa shape index (κ3) is 3.19. The molecule has 0 aromatic heterocycles. The minimum atomic E-state index is -0.551. The average molecular weight is 238 g/mol. The van der Waals surface area contributed by atoms with Gasteiger partial charge in [-0.3, -0.25) is 9.59 Å². The molecule has 1 saturated heterocycles. The lowest BCUT2D eigenvalue weighted by atomic mass is 9.95. The van der Waals surface area contributed by atoms with E-state index in [1.54, 1.807) is 4.90 Å². The van der Waals surface area contributed by atoms with Crippen LogP contribution in [0.5, 0.6) is 0 Å². The molecule has 0 spiro atoms. The summed E-state index contributed by atoms with van der Waals surface area (Å²) < 4.78 is 4.68. The van der Waals surface area contributed by atoms with Crippen LogP contribution in [0.4, 0.5) is 0 Å². The van der Waals surface area contributed by atoms with Gasteiger partial charge in [-0.25, -0.2) is 0 Å². The zero-order chi connectivity index (χ0) is 12.8. The molecule has 0 aromatic carbocycles. The third-order valence-corrected chi connectivity index (χ3v) is 3.20. The number of methoxy groups -OCH3 is 1. The summed E-state index contributed by atoms with van der Waals surface area (Å²) in [6, 6.07) is 2.01. The van der Waals surface area contributed by atoms with E-state index < -0.39 is 5.92 Å². The van der Waals surface area contributed by atoms with E-state index >= 15 is 0 Å². The Bertz CT molecular complexity index is 327. The first-order valence-electron chi connectivity index (χ1n) is 5.90. The number of hydrogen-bond acceptors (Lipinski definition) is 4. The Kier molecular flexibility index (Phi) is 4.95. The van der Waals surface area contributed by atoms with Crippen LogP contribution in [0.1, 0.15) is 26.2 Å². The van der Waals surface area contributed by atoms with Crippen LogP contribution in [0.3, 0.4) is 0 Å². The normalized spacial score (nSPS) is 18.3. The van der Waals surface area contributed by atoms with E-state index in [2.05, 4.69) is 4.74 Å². The van der Waals surface area contributed by atoms with Crippen molar-refractivity contribution >= 4 is 11.9 Å². The summed E-state index contributed by atoms with van der Waals surface area (Å²) in [5.41, 5.74) is 0. The lowest BCUT2D eigenvalue weighted by Crippen LogP contribution is -2.43. The van der Waals surface area contributed by atoms with Gasteiger partial charge in [0.1, 0.15) is 5.92 Å². The van der Waals surface area contributed by atoms with Crippen LogP contribution in [0, 0.1) is 23.2 Å². The van der Waals surface area contributed by atoms with Gasteiger partial charge in [0.05, 0.1) is 19.1 Å². The van der Waals surface area contributed by atoms with E-state index in [1.807, 2.05) is 13.0 Å². The summed E-state index contributed by atoms with van der Waals surface area (Å²) in [4.78, 5) is 24.9. The molecule has 0 bridgehead atoms. The molecule has 1 rings (SSSR count). The maximum Gasteiger partial charge on any atom is 0.308 e. The van der Waals surface area contributed by atoms with Gasteiger partial charge >= 0.3 is 5.97 Å². The molecule has 1 unspecified atom stereocenters. The van der Waals surface area contributed by atoms with Crippen molar-refractivity contribution in [2.75, 3.05) is 20.2 Å². The molecule has 5 heteroatoms. The second kappa shape index (κ2) is 6.24. The number of esters is 1. The molecular formula is C12H18N2O3. The van der Waals surface area contributed by atoms with Crippen molar-refractivity contribution in [2.24, 2.45) is 11.8 Å². The molecule has 0 aliphatic carbocycles. The third-order valence-electron chi connectivity index (χ3n) is 3.20. The molecule has 17 heavy (non-hydrogen) atoms. The van der Waals surface area contributed by atoms with Crippen molar-refractivity contribution in [3.05, 3.63) is 0 Å². The molecule has 94 valence electrons. The van der Waals surface area contributed by atoms with E-state index in [1.165, 1.54) is 7.11 Å². The van der Waals surface area contributed by atoms with E-state index in [-0.39, 0.29) is 17.8 Å². The first-order chi connectivity index (χ1) is 8.13. The molecule has 0 N–H and O–H groups in total. The molecule has 0 radical (unpaired) electrons. The highest BCUT2D eigenvalue weighted by Crippen LogP contribution is 2.20. The van der Waals surface area contributed by atoms with Crippen molar-refractivity contribution in [3.8, 4) is 6.07 Å². The SMILES string of the molecule is CCC(C#N)C(=O)N1CCC(C(=O)OC)CC1. The number of ether oxygens (including phenoxy) is 1. The van der Waals surface area contributed by atoms with Crippen molar-refractivity contribution in [1.82, 2.24) is 4.90 Å². The number of piperidine rings is 1. The second-order valence-electron chi connectivity index (χ2n) is 4.21. The highest BCUT2D eigenvalue weighted by Gasteiger charge is 2.30. The van der Waals surface area contributed by atoms with Crippen molar-refractivity contribution in [3.63, 3.8) is 0 Å². The van der Waals surface area contributed by atoms with Gasteiger partial charge in [0.25, 0.3) is 0 Å². The predicted octanol–water partition coefficient (Wildman–Crippen LogP) is 0.948. The first kappa shape index (κ1) is 13.5. The zero-order valence-electron chi connectivity index (χ0n) is 10.3. The Labute approximate surface area is 101 Å². The maximum atomic E-state index is 11.9. The van der Waals surface area contributed by atoms with E-state index in [4.69, 9.17) is 5.26 Å². The number of carbonyl (C=O) groups excluding carboxylic acids is 2. The Morgan fingerprint density at radius 3 is 2.47 bits per heavy atom. The van der Waals surface area contributed by atoms with Gasteiger partial charge in [-0.05, 0) is 19.3 Å². The molecule has 1 amide bonds. The number of amides is 1. The van der Waals surface area contributed by atoms with Crippen LogP contribution in [0.25, 0.3) is 0 Å². The Hall–Kier alpha value is -1.57. The molecule has 5 nitrogen and oxygen atoms in total. The Morgan fingerprint density at radius 2 is 2.06 bits per heavy atom. The summed E-state index contributed by atoms with van der Waals surface area (Å²) in [5.74, 6) is -0.973. The van der Waals surface area contributed by atoms with Crippen molar-refractivity contribution in [1.29, 1.82) is 5.26 Å².